The van der Waals surface area contributed by atoms with Crippen LogP contribution >= 0.6 is 11.9 Å². The van der Waals surface area contributed by atoms with E-state index in [1.807, 2.05) is 0 Å². The maximum atomic E-state index is 3.40. The van der Waals surface area contributed by atoms with Crippen molar-refractivity contribution in [2.75, 3.05) is 0 Å². The average Bonchev–Trinajstić information content (AvgIpc) is 1.76. The molecule has 1 aliphatic rings. The number of hydrogen-bond acceptors (Lipinski definition) is 3. The summed E-state index contributed by atoms with van der Waals surface area (Å²) in [5, 5.41) is 5.87. The topological polar surface area (TPSA) is 26.5 Å². The van der Waals surface area contributed by atoms with E-state index in [4.69, 9.17) is 0 Å². The minimum Gasteiger partial charge on any atom is 0.0859 e. The van der Waals surface area contributed by atoms with E-state index in [1.165, 1.54) is 11.9 Å². The summed E-state index contributed by atoms with van der Waals surface area (Å²) >= 11 is 1.17. The molecule has 1 aliphatic heterocycles. The molecule has 3 heteroatoms. The third-order valence-electron chi connectivity index (χ3n) is 0.223. The smallest absolute Gasteiger partial charge is 0.0859 e. The lowest BCUT2D eigenvalue weighted by Gasteiger charge is -1.27. The summed E-state index contributed by atoms with van der Waals surface area (Å²) in [4.78, 5) is 0. The van der Waals surface area contributed by atoms with Gasteiger partial charge in [0.15, 0.2) is 6.20 Å². The first-order valence-electron chi connectivity index (χ1n) is 1.06. The molecule has 0 aromatic carbocycles. The highest BCUT2D eigenvalue weighted by Gasteiger charge is 1.99. The molecule has 0 aromatic heterocycles. The third kappa shape index (κ3) is 0.479. The summed E-state index contributed by atoms with van der Waals surface area (Å²) in [6, 6.07) is 0. The molecule has 0 saturated heterocycles. The first-order chi connectivity index (χ1) is 2.50. The molecular formula is C2N2S+. The van der Waals surface area contributed by atoms with Crippen molar-refractivity contribution in [1.82, 2.24) is 4.52 Å². The molecule has 0 N–H and O–H groups in total. The normalized spacial score (nSPS) is 17.6. The summed E-state index contributed by atoms with van der Waals surface area (Å²) in [7, 11) is 0. The Kier molecular flexibility index (Phi) is 0.705. The molecule has 0 atom stereocenters. The molecular weight excluding hydrogens is 84.1 g/mol. The van der Waals surface area contributed by atoms with Crippen LogP contribution in [-0.2, 0) is 0 Å². The lowest BCUT2D eigenvalue weighted by Crippen LogP contribution is -1.48. The van der Waals surface area contributed by atoms with Gasteiger partial charge < -0.3 is 0 Å². The highest BCUT2D eigenvalue weighted by Crippen LogP contribution is 1.96. The van der Waals surface area contributed by atoms with Gasteiger partial charge in [0.2, 0.25) is 0 Å². The van der Waals surface area contributed by atoms with Crippen LogP contribution in [0.25, 0.3) is 0 Å². The number of nitrogens with zero attached hydrogens (tertiary/aromatic N) is 2. The zero-order chi connectivity index (χ0) is 3.54. The van der Waals surface area contributed by atoms with Crippen LogP contribution in [-0.4, -0.2) is 0 Å². The second kappa shape index (κ2) is 1.21. The van der Waals surface area contributed by atoms with Crippen LogP contribution in [0.1, 0.15) is 0 Å². The van der Waals surface area contributed by atoms with Gasteiger partial charge in [0, 0.05) is 0 Å². The summed E-state index contributed by atoms with van der Waals surface area (Å²) < 4.78 is 3.40. The van der Waals surface area contributed by atoms with Crippen molar-refractivity contribution in [3.8, 4) is 0 Å². The number of rotatable bonds is 0. The molecule has 1 heterocycles. The Labute approximate surface area is 34.1 Å². The van der Waals surface area contributed by atoms with Crippen LogP contribution in [0.3, 0.4) is 0 Å². The van der Waals surface area contributed by atoms with Crippen molar-refractivity contribution in [1.29, 1.82) is 0 Å². The molecule has 0 bridgehead atoms. The van der Waals surface area contributed by atoms with Crippen LogP contribution in [0.5, 0.6) is 0 Å². The zero-order valence-electron chi connectivity index (χ0n) is 2.30. The fourth-order valence-electron chi connectivity index (χ4n) is 0.102. The predicted molar refractivity (Wildman–Crippen MR) is 18.6 cm³/mol. The Morgan fingerprint density at radius 1 is 1.80 bits per heavy atom. The van der Waals surface area contributed by atoms with Gasteiger partial charge in [0.1, 0.15) is 5.41 Å². The molecule has 5 heavy (non-hydrogen) atoms. The fraction of sp³-hybridized carbons (Fsp3) is 0. The van der Waals surface area contributed by atoms with Crippen molar-refractivity contribution in [2.24, 2.45) is 5.11 Å². The van der Waals surface area contributed by atoms with E-state index in [1.54, 1.807) is 0 Å². The maximum absolute atomic E-state index is 3.40. The largest absolute Gasteiger partial charge is 0.316 e. The summed E-state index contributed by atoms with van der Waals surface area (Å²) in [6.45, 7) is 0. The van der Waals surface area contributed by atoms with E-state index in [0.29, 0.717) is 0 Å². The van der Waals surface area contributed by atoms with Gasteiger partial charge in [-0.3, -0.25) is 0 Å². The van der Waals surface area contributed by atoms with Crippen molar-refractivity contribution in [3.05, 3.63) is 11.6 Å². The zero-order valence-corrected chi connectivity index (χ0v) is 3.12. The third-order valence-corrected chi connectivity index (χ3v) is 0.569. The molecule has 1 rings (SSSR count). The Bertz CT molecular complexity index is 65.7. The van der Waals surface area contributed by atoms with Gasteiger partial charge in [-0.15, -0.1) is 0 Å². The van der Waals surface area contributed by atoms with Gasteiger partial charge in [-0.1, -0.05) is 0 Å². The van der Waals surface area contributed by atoms with E-state index in [9.17, 15) is 0 Å². The van der Waals surface area contributed by atoms with Gasteiger partial charge in [0.25, 0.3) is 4.52 Å². The molecule has 23 valence electrons. The van der Waals surface area contributed by atoms with Crippen LogP contribution in [0.2, 0.25) is 0 Å². The van der Waals surface area contributed by atoms with Crippen LogP contribution < -0.4 is 4.52 Å². The second-order valence-corrected chi connectivity index (χ2v) is 1.04. The SMILES string of the molecule is [C]1=[C]S[N+]=N1. The minimum atomic E-state index is 1.17. The van der Waals surface area contributed by atoms with Crippen molar-refractivity contribution in [3.63, 3.8) is 0 Å². The quantitative estimate of drug-likeness (QED) is 0.393. The lowest BCUT2D eigenvalue weighted by atomic mass is 11.1. The molecule has 0 fully saturated rings. The summed E-state index contributed by atoms with van der Waals surface area (Å²) in [6.07, 6.45) is 2.39. The van der Waals surface area contributed by atoms with Gasteiger partial charge >= 0.3 is 11.9 Å². The molecule has 2 nitrogen and oxygen atoms in total. The molecule has 0 saturated carbocycles. The van der Waals surface area contributed by atoms with Crippen molar-refractivity contribution < 1.29 is 0 Å². The van der Waals surface area contributed by atoms with Gasteiger partial charge in [-0.2, -0.15) is 0 Å². The van der Waals surface area contributed by atoms with Gasteiger partial charge in [-0.25, -0.2) is 0 Å². The molecule has 0 aromatic rings. The number of hydrogen-bond donors (Lipinski definition) is 0. The Morgan fingerprint density at radius 2 is 2.80 bits per heavy atom. The monoisotopic (exact) mass is 84.0 g/mol. The van der Waals surface area contributed by atoms with Crippen LogP contribution in [0, 0.1) is 11.6 Å². The van der Waals surface area contributed by atoms with Crippen LogP contribution in [0.15, 0.2) is 5.11 Å². The molecule has 0 spiro atoms. The molecule has 0 unspecified atom stereocenters. The van der Waals surface area contributed by atoms with E-state index < -0.39 is 0 Å². The predicted octanol–water partition coefficient (Wildman–Crippen LogP) is 0.514. The molecule has 0 amide bonds. The van der Waals surface area contributed by atoms with E-state index in [0.717, 1.165) is 0 Å². The Balaban J connectivity index is 2.61. The molecule has 3 radical (unpaired) electrons. The second-order valence-electron chi connectivity index (χ2n) is 0.487. The van der Waals surface area contributed by atoms with Crippen molar-refractivity contribution in [2.45, 2.75) is 0 Å². The Morgan fingerprint density at radius 3 is 3.00 bits per heavy atom. The molecule has 0 aliphatic carbocycles. The highest BCUT2D eigenvalue weighted by atomic mass is 32.2. The lowest BCUT2D eigenvalue weighted by molar-refractivity contribution is 1.23. The van der Waals surface area contributed by atoms with Crippen molar-refractivity contribution >= 4 is 11.9 Å². The minimum absolute atomic E-state index is 1.17. The highest BCUT2D eigenvalue weighted by molar-refractivity contribution is 7.98. The van der Waals surface area contributed by atoms with Gasteiger partial charge in [-0.05, 0) is 0 Å². The van der Waals surface area contributed by atoms with Gasteiger partial charge in [0.05, 0.1) is 5.11 Å². The first kappa shape index (κ1) is 2.90. The Hall–Kier alpha value is -0.310. The van der Waals surface area contributed by atoms with E-state index in [2.05, 4.69) is 21.2 Å². The van der Waals surface area contributed by atoms with E-state index >= 15 is 0 Å². The van der Waals surface area contributed by atoms with E-state index in [-0.39, 0.29) is 0 Å². The maximum Gasteiger partial charge on any atom is 0.316 e. The van der Waals surface area contributed by atoms with Crippen LogP contribution in [0.4, 0.5) is 0 Å². The summed E-state index contributed by atoms with van der Waals surface area (Å²) in [5.74, 6) is 0. The standard InChI is InChI=1S/C2N2S/c1-2-5-4-3-1/q+1. The average molecular weight is 84.1 g/mol. The fourth-order valence-corrected chi connectivity index (χ4v) is 0.306. The summed E-state index contributed by atoms with van der Waals surface area (Å²) in [5.41, 5.74) is 0. The first-order valence-corrected chi connectivity index (χ1v) is 1.83.